The summed E-state index contributed by atoms with van der Waals surface area (Å²) in [5.41, 5.74) is 1.47. The summed E-state index contributed by atoms with van der Waals surface area (Å²) < 4.78 is 19.0. The van der Waals surface area contributed by atoms with Gasteiger partial charge in [0.15, 0.2) is 5.96 Å². The van der Waals surface area contributed by atoms with Gasteiger partial charge in [-0.25, -0.2) is 4.39 Å². The Kier molecular flexibility index (Phi) is 6.43. The monoisotopic (exact) mass is 473 g/mol. The van der Waals surface area contributed by atoms with Crippen LogP contribution in [0.1, 0.15) is 38.2 Å². The van der Waals surface area contributed by atoms with Crippen molar-refractivity contribution >= 4 is 29.9 Å². The molecule has 2 aliphatic carbocycles. The minimum atomic E-state index is -0.189. The van der Waals surface area contributed by atoms with E-state index in [9.17, 15) is 4.39 Å². The molecule has 2 N–H and O–H groups in total. The SMILES string of the molecule is CCNC(=NCCc1ccc(F)cc1)NC1C2CCOC2C12CCC2.I. The van der Waals surface area contributed by atoms with Gasteiger partial charge in [0.05, 0.1) is 6.10 Å². The van der Waals surface area contributed by atoms with Crippen LogP contribution in [-0.4, -0.2) is 37.8 Å². The van der Waals surface area contributed by atoms with Gasteiger partial charge in [-0.15, -0.1) is 24.0 Å². The zero-order valence-electron chi connectivity index (χ0n) is 15.3. The van der Waals surface area contributed by atoms with E-state index in [1.165, 1.54) is 37.8 Å². The fourth-order valence-corrected chi connectivity index (χ4v) is 4.87. The first-order valence-corrected chi connectivity index (χ1v) is 9.64. The third-order valence-electron chi connectivity index (χ3n) is 6.26. The summed E-state index contributed by atoms with van der Waals surface area (Å²) in [6.45, 7) is 4.56. The maximum absolute atomic E-state index is 13.0. The van der Waals surface area contributed by atoms with Crippen LogP contribution < -0.4 is 10.6 Å². The van der Waals surface area contributed by atoms with E-state index in [1.54, 1.807) is 0 Å². The number of hydrogen-bond acceptors (Lipinski definition) is 2. The summed E-state index contributed by atoms with van der Waals surface area (Å²) in [6.07, 6.45) is 6.34. The minimum absolute atomic E-state index is 0. The van der Waals surface area contributed by atoms with E-state index < -0.39 is 0 Å². The van der Waals surface area contributed by atoms with E-state index in [1.807, 2.05) is 12.1 Å². The zero-order chi connectivity index (χ0) is 17.3. The Morgan fingerprint density at radius 1 is 1.31 bits per heavy atom. The van der Waals surface area contributed by atoms with Gasteiger partial charge < -0.3 is 15.4 Å². The molecule has 1 aromatic carbocycles. The highest BCUT2D eigenvalue weighted by Gasteiger charge is 2.66. The molecule has 1 spiro atoms. The van der Waals surface area contributed by atoms with E-state index in [-0.39, 0.29) is 29.8 Å². The average Bonchev–Trinajstić information content (AvgIpc) is 2.98. The van der Waals surface area contributed by atoms with E-state index in [0.29, 0.717) is 30.0 Å². The highest BCUT2D eigenvalue weighted by molar-refractivity contribution is 14.0. The van der Waals surface area contributed by atoms with Crippen LogP contribution in [0.4, 0.5) is 4.39 Å². The van der Waals surface area contributed by atoms with Crippen LogP contribution in [0.2, 0.25) is 0 Å². The van der Waals surface area contributed by atoms with Crippen LogP contribution in [0.3, 0.4) is 0 Å². The summed E-state index contributed by atoms with van der Waals surface area (Å²) in [6, 6.07) is 7.19. The maximum atomic E-state index is 13.0. The first-order valence-electron chi connectivity index (χ1n) is 9.64. The third-order valence-corrected chi connectivity index (χ3v) is 6.26. The van der Waals surface area contributed by atoms with Crippen molar-refractivity contribution in [2.75, 3.05) is 19.7 Å². The lowest BCUT2D eigenvalue weighted by molar-refractivity contribution is -0.171. The fourth-order valence-electron chi connectivity index (χ4n) is 4.87. The van der Waals surface area contributed by atoms with Crippen molar-refractivity contribution in [3.05, 3.63) is 35.6 Å². The number of hydrogen-bond donors (Lipinski definition) is 2. The third kappa shape index (κ3) is 3.59. The van der Waals surface area contributed by atoms with Crippen LogP contribution in [0.5, 0.6) is 0 Å². The first-order chi connectivity index (χ1) is 12.2. The molecule has 3 aliphatic rings. The molecule has 0 amide bonds. The Bertz CT molecular complexity index is 632. The number of fused-ring (bicyclic) bond motifs is 2. The number of guanidine groups is 1. The smallest absolute Gasteiger partial charge is 0.191 e. The van der Waals surface area contributed by atoms with Crippen LogP contribution >= 0.6 is 24.0 Å². The Morgan fingerprint density at radius 3 is 2.73 bits per heavy atom. The van der Waals surface area contributed by atoms with Gasteiger partial charge in [0.25, 0.3) is 0 Å². The summed E-state index contributed by atoms with van der Waals surface area (Å²) in [4.78, 5) is 4.75. The second kappa shape index (κ2) is 8.42. The molecule has 0 radical (unpaired) electrons. The molecule has 4 nitrogen and oxygen atoms in total. The Morgan fingerprint density at radius 2 is 2.08 bits per heavy atom. The quantitative estimate of drug-likeness (QED) is 0.391. The number of aliphatic imine (C=N–C) groups is 1. The van der Waals surface area contributed by atoms with E-state index in [0.717, 1.165) is 31.1 Å². The number of rotatable bonds is 5. The van der Waals surface area contributed by atoms with Crippen molar-refractivity contribution in [1.82, 2.24) is 10.6 Å². The highest BCUT2D eigenvalue weighted by atomic mass is 127. The molecule has 0 bridgehead atoms. The molecule has 1 saturated heterocycles. The standard InChI is InChI=1S/C20H28FN3O.HI/c1-2-22-19(23-12-8-14-4-6-15(21)7-5-14)24-17-16-9-13-25-18(16)20(17)10-3-11-20;/h4-7,16-18H,2-3,8-13H2,1H3,(H2,22,23,24);1H. The molecule has 144 valence electrons. The number of ether oxygens (including phenoxy) is 1. The van der Waals surface area contributed by atoms with Crippen molar-refractivity contribution in [2.24, 2.45) is 16.3 Å². The molecule has 1 aromatic rings. The topological polar surface area (TPSA) is 45.7 Å². The molecule has 1 aliphatic heterocycles. The van der Waals surface area contributed by atoms with Gasteiger partial charge in [-0.2, -0.15) is 0 Å². The van der Waals surface area contributed by atoms with Gasteiger partial charge in [-0.05, 0) is 50.3 Å². The van der Waals surface area contributed by atoms with Gasteiger partial charge >= 0.3 is 0 Å². The van der Waals surface area contributed by atoms with Gasteiger partial charge in [-0.1, -0.05) is 18.6 Å². The molecule has 4 rings (SSSR count). The summed E-state index contributed by atoms with van der Waals surface area (Å²) >= 11 is 0. The van der Waals surface area contributed by atoms with Crippen molar-refractivity contribution < 1.29 is 9.13 Å². The lowest BCUT2D eigenvalue weighted by Crippen LogP contribution is -2.72. The van der Waals surface area contributed by atoms with Crippen LogP contribution in [0.15, 0.2) is 29.3 Å². The van der Waals surface area contributed by atoms with Crippen LogP contribution in [0.25, 0.3) is 0 Å². The van der Waals surface area contributed by atoms with Crippen LogP contribution in [-0.2, 0) is 11.2 Å². The number of benzene rings is 1. The minimum Gasteiger partial charge on any atom is -0.377 e. The van der Waals surface area contributed by atoms with Gasteiger partial charge in [0, 0.05) is 37.1 Å². The molecular formula is C20H29FIN3O. The normalized spacial score (nSPS) is 28.5. The van der Waals surface area contributed by atoms with Crippen molar-refractivity contribution in [2.45, 2.75) is 51.2 Å². The van der Waals surface area contributed by atoms with Gasteiger partial charge in [0.2, 0.25) is 0 Å². The molecule has 3 unspecified atom stereocenters. The summed E-state index contributed by atoms with van der Waals surface area (Å²) in [5, 5.41) is 7.09. The van der Waals surface area contributed by atoms with Crippen molar-refractivity contribution in [3.63, 3.8) is 0 Å². The molecular weight excluding hydrogens is 444 g/mol. The van der Waals surface area contributed by atoms with E-state index in [2.05, 4.69) is 17.6 Å². The maximum Gasteiger partial charge on any atom is 0.191 e. The Labute approximate surface area is 172 Å². The lowest BCUT2D eigenvalue weighted by Gasteiger charge is -2.63. The molecule has 6 heteroatoms. The predicted octanol–water partition coefficient (Wildman–Crippen LogP) is 3.50. The molecule has 2 saturated carbocycles. The molecule has 1 heterocycles. The largest absolute Gasteiger partial charge is 0.377 e. The molecule has 0 aromatic heterocycles. The average molecular weight is 473 g/mol. The van der Waals surface area contributed by atoms with Gasteiger partial charge in [-0.3, -0.25) is 4.99 Å². The molecule has 3 fully saturated rings. The lowest BCUT2D eigenvalue weighted by atomic mass is 9.46. The highest BCUT2D eigenvalue weighted by Crippen LogP contribution is 2.62. The Hall–Kier alpha value is -0.890. The van der Waals surface area contributed by atoms with Crippen molar-refractivity contribution in [3.8, 4) is 0 Å². The van der Waals surface area contributed by atoms with Gasteiger partial charge in [0.1, 0.15) is 5.82 Å². The first kappa shape index (κ1) is 19.9. The second-order valence-corrected chi connectivity index (χ2v) is 7.59. The fraction of sp³-hybridized carbons (Fsp3) is 0.650. The Balaban J connectivity index is 0.00000196. The number of nitrogens with one attached hydrogen (secondary N) is 2. The summed E-state index contributed by atoms with van der Waals surface area (Å²) in [7, 11) is 0. The zero-order valence-corrected chi connectivity index (χ0v) is 17.7. The van der Waals surface area contributed by atoms with Crippen LogP contribution in [0, 0.1) is 17.2 Å². The van der Waals surface area contributed by atoms with E-state index >= 15 is 0 Å². The molecule has 3 atom stereocenters. The van der Waals surface area contributed by atoms with Crippen molar-refractivity contribution in [1.29, 1.82) is 0 Å². The second-order valence-electron chi connectivity index (χ2n) is 7.59. The summed E-state index contributed by atoms with van der Waals surface area (Å²) in [5.74, 6) is 1.36. The molecule has 26 heavy (non-hydrogen) atoms. The van der Waals surface area contributed by atoms with E-state index in [4.69, 9.17) is 9.73 Å². The number of nitrogens with zero attached hydrogens (tertiary/aromatic N) is 1. The number of halogens is 2. The predicted molar refractivity (Wildman–Crippen MR) is 113 cm³/mol.